The van der Waals surface area contributed by atoms with Gasteiger partial charge in [-0.05, 0) is 73.7 Å². The molecule has 0 amide bonds. The minimum atomic E-state index is 0.431. The van der Waals surface area contributed by atoms with Crippen LogP contribution >= 0.6 is 0 Å². The Morgan fingerprint density at radius 2 is 1.87 bits per heavy atom. The third kappa shape index (κ3) is 3.68. The van der Waals surface area contributed by atoms with E-state index < -0.39 is 0 Å². The zero-order chi connectivity index (χ0) is 20.5. The number of fused-ring (bicyclic) bond motifs is 1. The van der Waals surface area contributed by atoms with Crippen LogP contribution in [-0.4, -0.2) is 29.6 Å². The highest BCUT2D eigenvalue weighted by atomic mass is 16.6. The molecule has 0 N–H and O–H groups in total. The van der Waals surface area contributed by atoms with Crippen molar-refractivity contribution in [2.24, 2.45) is 0 Å². The van der Waals surface area contributed by atoms with Gasteiger partial charge in [0.1, 0.15) is 13.2 Å². The van der Waals surface area contributed by atoms with Crippen LogP contribution in [0.25, 0.3) is 11.1 Å². The summed E-state index contributed by atoms with van der Waals surface area (Å²) < 4.78 is 11.5. The van der Waals surface area contributed by atoms with Crippen molar-refractivity contribution in [3.63, 3.8) is 0 Å². The lowest BCUT2D eigenvalue weighted by Gasteiger charge is -2.27. The van der Waals surface area contributed by atoms with E-state index in [2.05, 4.69) is 66.2 Å². The van der Waals surface area contributed by atoms with Gasteiger partial charge in [0, 0.05) is 30.0 Å². The minimum Gasteiger partial charge on any atom is -0.486 e. The van der Waals surface area contributed by atoms with Crippen LogP contribution in [0.15, 0.2) is 54.7 Å². The molecule has 2 aliphatic heterocycles. The van der Waals surface area contributed by atoms with Gasteiger partial charge < -0.3 is 9.47 Å². The maximum atomic E-state index is 5.81. The van der Waals surface area contributed by atoms with E-state index in [9.17, 15) is 0 Å². The maximum Gasteiger partial charge on any atom is 0.161 e. The van der Waals surface area contributed by atoms with Gasteiger partial charge in [-0.3, -0.25) is 9.88 Å². The van der Waals surface area contributed by atoms with Crippen LogP contribution in [0.4, 0.5) is 0 Å². The number of rotatable bonds is 4. The molecule has 0 bridgehead atoms. The Labute approximate surface area is 178 Å². The first-order valence-corrected chi connectivity index (χ1v) is 10.8. The number of hydrogen-bond donors (Lipinski definition) is 0. The molecule has 3 aromatic rings. The van der Waals surface area contributed by atoms with Crippen molar-refractivity contribution in [3.8, 4) is 22.6 Å². The molecule has 2 aliphatic rings. The fourth-order valence-electron chi connectivity index (χ4n) is 4.71. The van der Waals surface area contributed by atoms with Gasteiger partial charge in [0.2, 0.25) is 0 Å². The molecule has 4 nitrogen and oxygen atoms in total. The van der Waals surface area contributed by atoms with Crippen molar-refractivity contribution in [1.82, 2.24) is 9.88 Å². The zero-order valence-corrected chi connectivity index (χ0v) is 17.7. The van der Waals surface area contributed by atoms with E-state index in [4.69, 9.17) is 9.47 Å². The highest BCUT2D eigenvalue weighted by Gasteiger charge is 2.27. The molecular formula is C26H28N2O2. The quantitative estimate of drug-likeness (QED) is 0.581. The molecule has 5 rings (SSSR count). The monoisotopic (exact) mass is 400 g/mol. The number of aryl methyl sites for hydroxylation is 2. The summed E-state index contributed by atoms with van der Waals surface area (Å²) in [4.78, 5) is 7.04. The summed E-state index contributed by atoms with van der Waals surface area (Å²) in [6, 6.07) is 17.9. The normalized spacial score (nSPS) is 18.5. The predicted molar refractivity (Wildman–Crippen MR) is 119 cm³/mol. The van der Waals surface area contributed by atoms with Crippen molar-refractivity contribution in [3.05, 3.63) is 77.1 Å². The summed E-state index contributed by atoms with van der Waals surface area (Å²) in [5, 5.41) is 0. The van der Waals surface area contributed by atoms with Crippen LogP contribution in [-0.2, 0) is 6.54 Å². The van der Waals surface area contributed by atoms with Gasteiger partial charge in [0.25, 0.3) is 0 Å². The lowest BCUT2D eigenvalue weighted by Crippen LogP contribution is -2.23. The van der Waals surface area contributed by atoms with Gasteiger partial charge in [-0.1, -0.05) is 30.3 Å². The number of nitrogens with zero attached hydrogens (tertiary/aromatic N) is 2. The van der Waals surface area contributed by atoms with E-state index in [1.54, 1.807) is 0 Å². The topological polar surface area (TPSA) is 34.6 Å². The summed E-state index contributed by atoms with van der Waals surface area (Å²) in [5.41, 5.74) is 7.59. The Morgan fingerprint density at radius 3 is 2.70 bits per heavy atom. The molecule has 1 atom stereocenters. The number of ether oxygens (including phenoxy) is 2. The van der Waals surface area contributed by atoms with Gasteiger partial charge >= 0.3 is 0 Å². The standard InChI is InChI=1S/C26H28N2O2/c1-18-15-20(23-5-3-11-27-19(23)2)7-8-22(18)17-28-12-4-6-24(28)21-9-10-25-26(16-21)30-14-13-29-25/h3,5,7-11,15-16,24H,4,6,12-14,17H2,1-2H3. The molecule has 1 aromatic heterocycles. The Hall–Kier alpha value is -2.85. The molecule has 1 fully saturated rings. The largest absolute Gasteiger partial charge is 0.486 e. The molecule has 0 saturated carbocycles. The number of likely N-dealkylation sites (tertiary alicyclic amines) is 1. The molecule has 154 valence electrons. The number of aromatic nitrogens is 1. The van der Waals surface area contributed by atoms with E-state index >= 15 is 0 Å². The smallest absolute Gasteiger partial charge is 0.161 e. The highest BCUT2D eigenvalue weighted by Crippen LogP contribution is 2.39. The minimum absolute atomic E-state index is 0.431. The fraction of sp³-hybridized carbons (Fsp3) is 0.346. The fourth-order valence-corrected chi connectivity index (χ4v) is 4.71. The van der Waals surface area contributed by atoms with Crippen LogP contribution in [0.5, 0.6) is 11.5 Å². The Morgan fingerprint density at radius 1 is 1.00 bits per heavy atom. The van der Waals surface area contributed by atoms with E-state index in [0.29, 0.717) is 19.3 Å². The molecular weight excluding hydrogens is 372 g/mol. The van der Waals surface area contributed by atoms with Crippen molar-refractivity contribution in [2.45, 2.75) is 39.3 Å². The predicted octanol–water partition coefficient (Wildman–Crippen LogP) is 5.47. The third-order valence-electron chi connectivity index (χ3n) is 6.35. The third-order valence-corrected chi connectivity index (χ3v) is 6.35. The van der Waals surface area contributed by atoms with Crippen LogP contribution in [0.3, 0.4) is 0 Å². The molecule has 30 heavy (non-hydrogen) atoms. The van der Waals surface area contributed by atoms with Gasteiger partial charge in [-0.2, -0.15) is 0 Å². The van der Waals surface area contributed by atoms with E-state index in [1.165, 1.54) is 40.7 Å². The average Bonchev–Trinajstić information content (AvgIpc) is 3.23. The molecule has 0 spiro atoms. The summed E-state index contributed by atoms with van der Waals surface area (Å²) in [6.07, 6.45) is 4.27. The Bertz CT molecular complexity index is 1060. The lowest BCUT2D eigenvalue weighted by atomic mass is 9.98. The van der Waals surface area contributed by atoms with E-state index in [-0.39, 0.29) is 0 Å². The average molecular weight is 401 g/mol. The SMILES string of the molecule is Cc1cc(-c2cccnc2C)ccc1CN1CCCC1c1ccc2c(c1)OCCO2. The van der Waals surface area contributed by atoms with Crippen molar-refractivity contribution >= 4 is 0 Å². The van der Waals surface area contributed by atoms with Gasteiger partial charge in [0.15, 0.2) is 11.5 Å². The van der Waals surface area contributed by atoms with Crippen LogP contribution in [0.2, 0.25) is 0 Å². The first-order valence-electron chi connectivity index (χ1n) is 10.8. The van der Waals surface area contributed by atoms with E-state index in [0.717, 1.165) is 30.3 Å². The summed E-state index contributed by atoms with van der Waals surface area (Å²) in [5.74, 6) is 1.75. The molecule has 1 unspecified atom stereocenters. The number of hydrogen-bond acceptors (Lipinski definition) is 4. The molecule has 1 saturated heterocycles. The van der Waals surface area contributed by atoms with Crippen LogP contribution in [0, 0.1) is 13.8 Å². The summed E-state index contributed by atoms with van der Waals surface area (Å²) in [6.45, 7) is 7.65. The maximum absolute atomic E-state index is 5.81. The lowest BCUT2D eigenvalue weighted by molar-refractivity contribution is 0.170. The summed E-state index contributed by atoms with van der Waals surface area (Å²) in [7, 11) is 0. The molecule has 0 radical (unpaired) electrons. The second-order valence-electron chi connectivity index (χ2n) is 8.31. The second-order valence-corrected chi connectivity index (χ2v) is 8.31. The zero-order valence-electron chi connectivity index (χ0n) is 17.7. The Kier molecular flexibility index (Phi) is 5.17. The summed E-state index contributed by atoms with van der Waals surface area (Å²) >= 11 is 0. The number of pyridine rings is 1. The van der Waals surface area contributed by atoms with Gasteiger partial charge in [-0.25, -0.2) is 0 Å². The van der Waals surface area contributed by atoms with Crippen LogP contribution < -0.4 is 9.47 Å². The second kappa shape index (κ2) is 8.11. The molecule has 2 aromatic carbocycles. The van der Waals surface area contributed by atoms with Crippen molar-refractivity contribution in [2.75, 3.05) is 19.8 Å². The van der Waals surface area contributed by atoms with Crippen molar-refractivity contribution < 1.29 is 9.47 Å². The van der Waals surface area contributed by atoms with E-state index in [1.807, 2.05) is 12.3 Å². The Balaban J connectivity index is 1.37. The molecule has 3 heterocycles. The number of benzene rings is 2. The van der Waals surface area contributed by atoms with Gasteiger partial charge in [-0.15, -0.1) is 0 Å². The highest BCUT2D eigenvalue weighted by molar-refractivity contribution is 5.66. The van der Waals surface area contributed by atoms with Gasteiger partial charge in [0.05, 0.1) is 0 Å². The van der Waals surface area contributed by atoms with Crippen LogP contribution in [0.1, 0.15) is 41.3 Å². The molecule has 0 aliphatic carbocycles. The van der Waals surface area contributed by atoms with Crippen molar-refractivity contribution in [1.29, 1.82) is 0 Å². The first-order chi connectivity index (χ1) is 14.7. The molecule has 4 heteroatoms. The first kappa shape index (κ1) is 19.1.